The molecule has 1 unspecified atom stereocenters. The quantitative estimate of drug-likeness (QED) is 0.435. The summed E-state index contributed by atoms with van der Waals surface area (Å²) in [5.41, 5.74) is 4.57. The van der Waals surface area contributed by atoms with E-state index in [1.807, 2.05) is 30.3 Å². The van der Waals surface area contributed by atoms with Crippen molar-refractivity contribution in [3.05, 3.63) is 71.8 Å². The van der Waals surface area contributed by atoms with Crippen LogP contribution in [-0.4, -0.2) is 41.8 Å². The molecule has 2 aromatic carbocycles. The van der Waals surface area contributed by atoms with Crippen LogP contribution in [0.5, 0.6) is 0 Å². The number of ether oxygens (including phenoxy) is 1. The van der Waals surface area contributed by atoms with Crippen molar-refractivity contribution >= 4 is 18.0 Å². The van der Waals surface area contributed by atoms with Crippen LogP contribution in [0.3, 0.4) is 0 Å². The predicted octanol–water partition coefficient (Wildman–Crippen LogP) is 3.45. The molecule has 2 aromatic rings. The van der Waals surface area contributed by atoms with Gasteiger partial charge in [0, 0.05) is 18.3 Å². The largest absolute Gasteiger partial charge is 0.480 e. The maximum Gasteiger partial charge on any atom is 0.407 e. The molecule has 2 aliphatic carbocycles. The van der Waals surface area contributed by atoms with Gasteiger partial charge in [-0.1, -0.05) is 60.7 Å². The Kier molecular flexibility index (Phi) is 6.98. The van der Waals surface area contributed by atoms with Gasteiger partial charge in [-0.05, 0) is 35.1 Å². The number of fused-ring (bicyclic) bond motifs is 3. The molecule has 0 aliphatic heterocycles. The van der Waals surface area contributed by atoms with Crippen LogP contribution in [0.25, 0.3) is 11.1 Å². The van der Waals surface area contributed by atoms with Crippen molar-refractivity contribution in [3.63, 3.8) is 0 Å². The minimum Gasteiger partial charge on any atom is -0.480 e. The summed E-state index contributed by atoms with van der Waals surface area (Å²) in [6.45, 7) is 0.201. The van der Waals surface area contributed by atoms with E-state index in [1.165, 1.54) is 0 Å². The fourth-order valence-electron chi connectivity index (χ4n) is 4.61. The van der Waals surface area contributed by atoms with Crippen molar-refractivity contribution in [1.82, 2.24) is 10.6 Å². The highest BCUT2D eigenvalue weighted by Crippen LogP contribution is 2.44. The van der Waals surface area contributed by atoms with Gasteiger partial charge in [0.1, 0.15) is 12.6 Å². The molecule has 7 heteroatoms. The third-order valence-corrected chi connectivity index (χ3v) is 6.28. The summed E-state index contributed by atoms with van der Waals surface area (Å²) >= 11 is 0. The normalized spacial score (nSPS) is 19.3. The number of carbonyl (C=O) groups excluding carboxylic acids is 2. The molecule has 3 atom stereocenters. The molecule has 174 valence electrons. The molecule has 2 amide bonds. The summed E-state index contributed by atoms with van der Waals surface area (Å²) < 4.78 is 5.58. The second-order valence-corrected chi connectivity index (χ2v) is 8.48. The van der Waals surface area contributed by atoms with Crippen molar-refractivity contribution in [2.75, 3.05) is 6.61 Å². The van der Waals surface area contributed by atoms with E-state index < -0.39 is 36.0 Å². The first-order valence-corrected chi connectivity index (χ1v) is 11.2. The van der Waals surface area contributed by atoms with Gasteiger partial charge in [-0.15, -0.1) is 12.3 Å². The number of hydrogen-bond acceptors (Lipinski definition) is 4. The fraction of sp³-hybridized carbons (Fsp3) is 0.296. The molecule has 0 saturated carbocycles. The first-order valence-electron chi connectivity index (χ1n) is 11.2. The SMILES string of the molecule is C#CCC(NC(=O)[C@@H]1CC=C[C@@H](NC(=O)OCC2c3ccccc3-c3ccccc32)C1)C(=O)O. The van der Waals surface area contributed by atoms with Gasteiger partial charge in [0.2, 0.25) is 5.91 Å². The van der Waals surface area contributed by atoms with Crippen LogP contribution in [0.2, 0.25) is 0 Å². The third kappa shape index (κ3) is 4.96. The zero-order chi connectivity index (χ0) is 24.1. The number of benzene rings is 2. The Bertz CT molecular complexity index is 1120. The lowest BCUT2D eigenvalue weighted by molar-refractivity contribution is -0.142. The van der Waals surface area contributed by atoms with E-state index in [2.05, 4.69) is 40.8 Å². The topological polar surface area (TPSA) is 105 Å². The Hall–Kier alpha value is -4.05. The monoisotopic (exact) mass is 458 g/mol. The van der Waals surface area contributed by atoms with Crippen LogP contribution in [-0.2, 0) is 14.3 Å². The zero-order valence-electron chi connectivity index (χ0n) is 18.6. The van der Waals surface area contributed by atoms with Crippen molar-refractivity contribution in [1.29, 1.82) is 0 Å². The first-order chi connectivity index (χ1) is 16.5. The standard InChI is InChI=1S/C27H26N2O5/c1-2-8-24(26(31)32)29-25(30)17-9-7-10-18(15-17)28-27(33)34-16-23-21-13-5-3-11-19(21)20-12-4-6-14-22(20)23/h1,3-7,10-14,17-18,23-24H,8-9,15-16H2,(H,28,33)(H,29,30)(H,31,32)/t17-,18-,24?/m1/s1. The molecule has 2 aliphatic rings. The highest BCUT2D eigenvalue weighted by atomic mass is 16.5. The highest BCUT2D eigenvalue weighted by molar-refractivity contribution is 5.85. The summed E-state index contributed by atoms with van der Waals surface area (Å²) in [6.07, 6.45) is 8.96. The number of alkyl carbamates (subject to hydrolysis) is 1. The van der Waals surface area contributed by atoms with Crippen LogP contribution >= 0.6 is 0 Å². The molecule has 0 radical (unpaired) electrons. The van der Waals surface area contributed by atoms with E-state index >= 15 is 0 Å². The maximum absolute atomic E-state index is 12.6. The number of carboxylic acid groups (broad SMARTS) is 1. The molecule has 0 heterocycles. The lowest BCUT2D eigenvalue weighted by Crippen LogP contribution is -2.46. The molecule has 7 nitrogen and oxygen atoms in total. The summed E-state index contributed by atoms with van der Waals surface area (Å²) in [6, 6.07) is 14.7. The molecule has 4 rings (SSSR count). The van der Waals surface area contributed by atoms with Crippen molar-refractivity contribution in [3.8, 4) is 23.5 Å². The second kappa shape index (κ2) is 10.3. The van der Waals surface area contributed by atoms with E-state index in [0.29, 0.717) is 12.8 Å². The summed E-state index contributed by atoms with van der Waals surface area (Å²) in [7, 11) is 0. The van der Waals surface area contributed by atoms with Crippen LogP contribution in [0.1, 0.15) is 36.3 Å². The van der Waals surface area contributed by atoms with Crippen molar-refractivity contribution in [2.24, 2.45) is 5.92 Å². The molecule has 0 fully saturated rings. The number of hydrogen-bond donors (Lipinski definition) is 3. The zero-order valence-corrected chi connectivity index (χ0v) is 18.6. The number of carbonyl (C=O) groups is 3. The van der Waals surface area contributed by atoms with Gasteiger partial charge in [0.05, 0.1) is 6.04 Å². The van der Waals surface area contributed by atoms with Crippen molar-refractivity contribution < 1.29 is 24.2 Å². The Labute approximate surface area is 198 Å². The average Bonchev–Trinajstić information content (AvgIpc) is 3.16. The van der Waals surface area contributed by atoms with E-state index in [9.17, 15) is 19.5 Å². The van der Waals surface area contributed by atoms with Crippen molar-refractivity contribution in [2.45, 2.75) is 37.3 Å². The molecule has 34 heavy (non-hydrogen) atoms. The first kappa shape index (κ1) is 23.1. The Morgan fingerprint density at radius 3 is 2.35 bits per heavy atom. The Balaban J connectivity index is 1.33. The fourth-order valence-corrected chi connectivity index (χ4v) is 4.61. The molecule has 0 aromatic heterocycles. The second-order valence-electron chi connectivity index (χ2n) is 8.48. The van der Waals surface area contributed by atoms with E-state index in [1.54, 1.807) is 6.08 Å². The highest BCUT2D eigenvalue weighted by Gasteiger charge is 2.31. The molecular weight excluding hydrogens is 432 g/mol. The average molecular weight is 459 g/mol. The van der Waals surface area contributed by atoms with Crippen LogP contribution in [0.15, 0.2) is 60.7 Å². The number of allylic oxidation sites excluding steroid dienone is 1. The van der Waals surface area contributed by atoms with Gasteiger partial charge in [0.15, 0.2) is 0 Å². The molecule has 0 spiro atoms. The summed E-state index contributed by atoms with van der Waals surface area (Å²) in [4.78, 5) is 36.3. The number of aliphatic carboxylic acids is 1. The minimum atomic E-state index is -1.18. The molecular formula is C27H26N2O5. The predicted molar refractivity (Wildman–Crippen MR) is 127 cm³/mol. The van der Waals surface area contributed by atoms with E-state index in [0.717, 1.165) is 22.3 Å². The van der Waals surface area contributed by atoms with Gasteiger partial charge in [-0.2, -0.15) is 0 Å². The van der Waals surface area contributed by atoms with Gasteiger partial charge in [-0.25, -0.2) is 9.59 Å². The molecule has 3 N–H and O–H groups in total. The van der Waals surface area contributed by atoms with Gasteiger partial charge >= 0.3 is 12.1 Å². The molecule has 0 bridgehead atoms. The van der Waals surface area contributed by atoms with Gasteiger partial charge in [0.25, 0.3) is 0 Å². The minimum absolute atomic E-state index is 0.0392. The number of carboxylic acids is 1. The Morgan fingerprint density at radius 1 is 1.09 bits per heavy atom. The lowest BCUT2D eigenvalue weighted by Gasteiger charge is -2.26. The number of rotatable bonds is 7. The van der Waals surface area contributed by atoms with Crippen LogP contribution < -0.4 is 10.6 Å². The number of terminal acetylenes is 1. The Morgan fingerprint density at radius 2 is 1.74 bits per heavy atom. The number of amides is 2. The summed E-state index contributed by atoms with van der Waals surface area (Å²) in [5.74, 6) is 0.179. The van der Waals surface area contributed by atoms with Crippen LogP contribution in [0.4, 0.5) is 4.79 Å². The number of nitrogens with one attached hydrogen (secondary N) is 2. The van der Waals surface area contributed by atoms with E-state index in [4.69, 9.17) is 11.2 Å². The van der Waals surface area contributed by atoms with Gasteiger partial charge in [-0.3, -0.25) is 4.79 Å². The van der Waals surface area contributed by atoms with E-state index in [-0.39, 0.29) is 18.9 Å². The smallest absolute Gasteiger partial charge is 0.407 e. The third-order valence-electron chi connectivity index (χ3n) is 6.28. The molecule has 0 saturated heterocycles. The van der Waals surface area contributed by atoms with Gasteiger partial charge < -0.3 is 20.5 Å². The van der Waals surface area contributed by atoms with Crippen LogP contribution in [0, 0.1) is 18.3 Å². The summed E-state index contributed by atoms with van der Waals surface area (Å²) in [5, 5.41) is 14.5. The maximum atomic E-state index is 12.6. The lowest BCUT2D eigenvalue weighted by atomic mass is 9.90.